The summed E-state index contributed by atoms with van der Waals surface area (Å²) in [6.45, 7) is 2.06. The Kier molecular flexibility index (Phi) is 3.59. The van der Waals surface area contributed by atoms with E-state index >= 15 is 0 Å². The van der Waals surface area contributed by atoms with Gasteiger partial charge in [-0.1, -0.05) is 0 Å². The first-order valence-corrected chi connectivity index (χ1v) is 7.09. The van der Waals surface area contributed by atoms with E-state index in [0.29, 0.717) is 28.7 Å². The first-order chi connectivity index (χ1) is 10.1. The van der Waals surface area contributed by atoms with Gasteiger partial charge >= 0.3 is 0 Å². The Bertz CT molecular complexity index is 693. The molecular formula is C16H17FN2O2. The number of aryl methyl sites for hydroxylation is 1. The largest absolute Gasteiger partial charge is 0.395 e. The van der Waals surface area contributed by atoms with Crippen LogP contribution >= 0.6 is 0 Å². The lowest BCUT2D eigenvalue weighted by molar-refractivity contribution is 0.0709. The highest BCUT2D eigenvalue weighted by Gasteiger charge is 2.33. The molecule has 1 aliphatic carbocycles. The third-order valence-corrected chi connectivity index (χ3v) is 3.72. The zero-order valence-electron chi connectivity index (χ0n) is 11.8. The van der Waals surface area contributed by atoms with Crippen LogP contribution in [0.15, 0.2) is 24.3 Å². The Morgan fingerprint density at radius 1 is 1.43 bits per heavy atom. The fourth-order valence-corrected chi connectivity index (χ4v) is 2.61. The van der Waals surface area contributed by atoms with Crippen LogP contribution in [-0.2, 0) is 0 Å². The highest BCUT2D eigenvalue weighted by molar-refractivity contribution is 6.06. The molecule has 1 amide bonds. The average molecular weight is 288 g/mol. The standard InChI is InChI=1S/C16H17FN2O2/c1-10-8-14(13-5-2-11(17)9-15(13)18-10)16(21)19(6-7-20)12-3-4-12/h2,5,8-9,12,20H,3-4,6-7H2,1H3. The highest BCUT2D eigenvalue weighted by atomic mass is 19.1. The quantitative estimate of drug-likeness (QED) is 0.939. The Labute approximate surface area is 122 Å². The topological polar surface area (TPSA) is 53.4 Å². The van der Waals surface area contributed by atoms with E-state index in [1.165, 1.54) is 12.1 Å². The molecular weight excluding hydrogens is 271 g/mol. The average Bonchev–Trinajstić information content (AvgIpc) is 3.27. The minimum atomic E-state index is -0.367. The van der Waals surface area contributed by atoms with Crippen molar-refractivity contribution < 1.29 is 14.3 Å². The molecule has 0 spiro atoms. The van der Waals surface area contributed by atoms with E-state index < -0.39 is 0 Å². The maximum Gasteiger partial charge on any atom is 0.254 e. The molecule has 1 heterocycles. The molecule has 1 aromatic carbocycles. The van der Waals surface area contributed by atoms with Gasteiger partial charge in [0.05, 0.1) is 17.7 Å². The third kappa shape index (κ3) is 2.74. The van der Waals surface area contributed by atoms with Gasteiger partial charge < -0.3 is 10.0 Å². The molecule has 1 N–H and O–H groups in total. The molecule has 2 aromatic rings. The molecule has 0 aliphatic heterocycles. The lowest BCUT2D eigenvalue weighted by Gasteiger charge is -2.22. The van der Waals surface area contributed by atoms with Crippen molar-refractivity contribution in [2.45, 2.75) is 25.8 Å². The van der Waals surface area contributed by atoms with Gasteiger partial charge in [-0.15, -0.1) is 0 Å². The highest BCUT2D eigenvalue weighted by Crippen LogP contribution is 2.29. The molecule has 110 valence electrons. The van der Waals surface area contributed by atoms with Crippen molar-refractivity contribution in [3.63, 3.8) is 0 Å². The third-order valence-electron chi connectivity index (χ3n) is 3.72. The summed E-state index contributed by atoms with van der Waals surface area (Å²) < 4.78 is 13.4. The molecule has 21 heavy (non-hydrogen) atoms. The SMILES string of the molecule is Cc1cc(C(=O)N(CCO)C2CC2)c2ccc(F)cc2n1. The second-order valence-corrected chi connectivity index (χ2v) is 5.43. The van der Waals surface area contributed by atoms with Gasteiger partial charge in [0.25, 0.3) is 5.91 Å². The Morgan fingerprint density at radius 3 is 2.86 bits per heavy atom. The number of aliphatic hydroxyl groups is 1. The number of fused-ring (bicyclic) bond motifs is 1. The Balaban J connectivity index is 2.07. The summed E-state index contributed by atoms with van der Waals surface area (Å²) in [5, 5.41) is 9.81. The first kappa shape index (κ1) is 13.9. The molecule has 0 saturated heterocycles. The normalized spacial score (nSPS) is 14.4. The van der Waals surface area contributed by atoms with Gasteiger partial charge in [-0.2, -0.15) is 0 Å². The molecule has 0 unspecified atom stereocenters. The summed E-state index contributed by atoms with van der Waals surface area (Å²) in [5.41, 5.74) is 1.69. The number of hydrogen-bond acceptors (Lipinski definition) is 3. The number of aliphatic hydroxyl groups excluding tert-OH is 1. The van der Waals surface area contributed by atoms with E-state index in [4.69, 9.17) is 5.11 Å². The van der Waals surface area contributed by atoms with E-state index in [0.717, 1.165) is 12.8 Å². The predicted octanol–water partition coefficient (Wildman–Crippen LogP) is 2.28. The molecule has 0 bridgehead atoms. The fraction of sp³-hybridized carbons (Fsp3) is 0.375. The molecule has 1 aromatic heterocycles. The van der Waals surface area contributed by atoms with Crippen LogP contribution in [0.1, 0.15) is 28.9 Å². The minimum absolute atomic E-state index is 0.0567. The van der Waals surface area contributed by atoms with Crippen molar-refractivity contribution in [2.24, 2.45) is 0 Å². The summed E-state index contributed by atoms with van der Waals surface area (Å²) in [4.78, 5) is 18.8. The van der Waals surface area contributed by atoms with Crippen LogP contribution in [0.3, 0.4) is 0 Å². The zero-order chi connectivity index (χ0) is 15.0. The van der Waals surface area contributed by atoms with Gasteiger partial charge in [0.2, 0.25) is 0 Å². The van der Waals surface area contributed by atoms with Gasteiger partial charge in [0.15, 0.2) is 0 Å². The van der Waals surface area contributed by atoms with Crippen LogP contribution in [-0.4, -0.2) is 40.1 Å². The summed E-state index contributed by atoms with van der Waals surface area (Å²) >= 11 is 0. The number of halogens is 1. The molecule has 1 fully saturated rings. The number of carbonyl (C=O) groups is 1. The number of rotatable bonds is 4. The molecule has 0 radical (unpaired) electrons. The summed E-state index contributed by atoms with van der Waals surface area (Å²) in [5.74, 6) is -0.484. The maximum atomic E-state index is 13.4. The Hall–Kier alpha value is -2.01. The van der Waals surface area contributed by atoms with Crippen molar-refractivity contribution in [1.29, 1.82) is 0 Å². The number of carbonyl (C=O) groups excluding carboxylic acids is 1. The fourth-order valence-electron chi connectivity index (χ4n) is 2.61. The van der Waals surface area contributed by atoms with Crippen molar-refractivity contribution >= 4 is 16.8 Å². The van der Waals surface area contributed by atoms with E-state index in [9.17, 15) is 9.18 Å². The van der Waals surface area contributed by atoms with Crippen molar-refractivity contribution in [1.82, 2.24) is 9.88 Å². The molecule has 1 aliphatic rings. The van der Waals surface area contributed by atoms with Crippen molar-refractivity contribution in [3.05, 3.63) is 41.3 Å². The maximum absolute atomic E-state index is 13.4. The van der Waals surface area contributed by atoms with Crippen molar-refractivity contribution in [2.75, 3.05) is 13.2 Å². The predicted molar refractivity (Wildman–Crippen MR) is 77.6 cm³/mol. The van der Waals surface area contributed by atoms with E-state index in [1.54, 1.807) is 24.0 Å². The van der Waals surface area contributed by atoms with E-state index in [-0.39, 0.29) is 24.4 Å². The second kappa shape index (κ2) is 5.41. The Morgan fingerprint density at radius 2 is 2.19 bits per heavy atom. The number of benzene rings is 1. The summed E-state index contributed by atoms with van der Waals surface area (Å²) in [6.07, 6.45) is 1.95. The number of hydrogen-bond donors (Lipinski definition) is 1. The second-order valence-electron chi connectivity index (χ2n) is 5.43. The minimum Gasteiger partial charge on any atom is -0.395 e. The lowest BCUT2D eigenvalue weighted by Crippen LogP contribution is -2.35. The first-order valence-electron chi connectivity index (χ1n) is 7.09. The van der Waals surface area contributed by atoms with E-state index in [2.05, 4.69) is 4.98 Å². The number of amides is 1. The van der Waals surface area contributed by atoms with Crippen LogP contribution in [0.4, 0.5) is 4.39 Å². The molecule has 3 rings (SSSR count). The van der Waals surface area contributed by atoms with Crippen LogP contribution < -0.4 is 0 Å². The zero-order valence-corrected chi connectivity index (χ0v) is 11.8. The molecule has 1 saturated carbocycles. The van der Waals surface area contributed by atoms with Gasteiger partial charge in [-0.25, -0.2) is 4.39 Å². The van der Waals surface area contributed by atoms with Gasteiger partial charge in [-0.05, 0) is 38.0 Å². The lowest BCUT2D eigenvalue weighted by atomic mass is 10.1. The number of aromatic nitrogens is 1. The van der Waals surface area contributed by atoms with Crippen LogP contribution in [0.2, 0.25) is 0 Å². The monoisotopic (exact) mass is 288 g/mol. The van der Waals surface area contributed by atoms with Crippen LogP contribution in [0.25, 0.3) is 10.9 Å². The van der Waals surface area contributed by atoms with Gasteiger partial charge in [0.1, 0.15) is 5.82 Å². The van der Waals surface area contributed by atoms with Gasteiger partial charge in [-0.3, -0.25) is 9.78 Å². The molecule has 0 atom stereocenters. The number of pyridine rings is 1. The smallest absolute Gasteiger partial charge is 0.254 e. The molecule has 4 nitrogen and oxygen atoms in total. The van der Waals surface area contributed by atoms with Gasteiger partial charge in [0, 0.05) is 29.7 Å². The van der Waals surface area contributed by atoms with Crippen molar-refractivity contribution in [3.8, 4) is 0 Å². The van der Waals surface area contributed by atoms with E-state index in [1.807, 2.05) is 0 Å². The summed E-state index contributed by atoms with van der Waals surface area (Å²) in [7, 11) is 0. The van der Waals surface area contributed by atoms with Crippen LogP contribution in [0, 0.1) is 12.7 Å². The molecule has 5 heteroatoms. The number of nitrogens with zero attached hydrogens (tertiary/aromatic N) is 2. The van der Waals surface area contributed by atoms with Crippen LogP contribution in [0.5, 0.6) is 0 Å². The summed E-state index contributed by atoms with van der Waals surface area (Å²) in [6, 6.07) is 6.22.